The summed E-state index contributed by atoms with van der Waals surface area (Å²) in [5.74, 6) is 0. The molecule has 1 atom stereocenters. The van der Waals surface area contributed by atoms with Gasteiger partial charge in [-0.3, -0.25) is 9.89 Å². The summed E-state index contributed by atoms with van der Waals surface area (Å²) in [6, 6.07) is 7.33. The Balaban J connectivity index is 1.96. The van der Waals surface area contributed by atoms with Crippen LogP contribution < -0.4 is 4.80 Å². The lowest BCUT2D eigenvalue weighted by molar-refractivity contribution is 0.0300. The Morgan fingerprint density at radius 1 is 1.27 bits per heavy atom. The average molecular weight is 516 g/mol. The fourth-order valence-corrected chi connectivity index (χ4v) is 6.90. The van der Waals surface area contributed by atoms with Crippen LogP contribution in [-0.2, 0) is 16.0 Å². The Labute approximate surface area is 205 Å². The van der Waals surface area contributed by atoms with E-state index in [1.165, 1.54) is 34.9 Å². The van der Waals surface area contributed by atoms with E-state index in [2.05, 4.69) is 5.10 Å². The zero-order chi connectivity index (χ0) is 24.0. The van der Waals surface area contributed by atoms with Gasteiger partial charge in [-0.2, -0.15) is 9.40 Å². The predicted molar refractivity (Wildman–Crippen MR) is 133 cm³/mol. The molecular formula is C22H34ClN5O3S2. The van der Waals surface area contributed by atoms with Crippen molar-refractivity contribution in [3.05, 3.63) is 29.1 Å². The summed E-state index contributed by atoms with van der Waals surface area (Å²) >= 11 is 7.52. The van der Waals surface area contributed by atoms with Gasteiger partial charge in [-0.05, 0) is 33.0 Å². The highest BCUT2D eigenvalue weighted by Crippen LogP contribution is 2.30. The smallest absolute Gasteiger partial charge is 0.243 e. The minimum Gasteiger partial charge on any atom is -0.378 e. The van der Waals surface area contributed by atoms with Crippen LogP contribution in [0.5, 0.6) is 0 Å². The molecule has 1 aliphatic rings. The SMILES string of the molecule is CCN(CCC(O)N(C)C)S(=O)(=O)c1ccccc1-c1nn(CCl)c(=NC2CCCCC2)s1. The van der Waals surface area contributed by atoms with Crippen molar-refractivity contribution in [3.8, 4) is 10.6 Å². The second kappa shape index (κ2) is 11.9. The molecule has 1 fully saturated rings. The molecule has 0 bridgehead atoms. The number of alkyl halides is 1. The zero-order valence-corrected chi connectivity index (χ0v) is 21.9. The van der Waals surface area contributed by atoms with Crippen LogP contribution in [0.15, 0.2) is 34.2 Å². The Bertz CT molecular complexity index is 1080. The van der Waals surface area contributed by atoms with Gasteiger partial charge in [-0.25, -0.2) is 13.1 Å². The average Bonchev–Trinajstić information content (AvgIpc) is 3.22. The quantitative estimate of drug-likeness (QED) is 0.387. The number of hydrogen-bond acceptors (Lipinski definition) is 7. The zero-order valence-electron chi connectivity index (χ0n) is 19.5. The lowest BCUT2D eigenvalue weighted by atomic mass is 9.96. The molecule has 3 rings (SSSR count). The van der Waals surface area contributed by atoms with Crippen molar-refractivity contribution in [1.82, 2.24) is 19.0 Å². The molecule has 1 unspecified atom stereocenters. The van der Waals surface area contributed by atoms with Crippen LogP contribution in [-0.4, -0.2) is 72.0 Å². The molecule has 1 saturated carbocycles. The van der Waals surface area contributed by atoms with Gasteiger partial charge in [0.1, 0.15) is 17.2 Å². The van der Waals surface area contributed by atoms with Gasteiger partial charge in [0, 0.05) is 25.1 Å². The second-order valence-electron chi connectivity index (χ2n) is 8.46. The van der Waals surface area contributed by atoms with E-state index >= 15 is 0 Å². The first-order valence-electron chi connectivity index (χ1n) is 11.4. The van der Waals surface area contributed by atoms with Crippen molar-refractivity contribution < 1.29 is 13.5 Å². The van der Waals surface area contributed by atoms with Gasteiger partial charge in [0.25, 0.3) is 0 Å². The van der Waals surface area contributed by atoms with Gasteiger partial charge in [-0.1, -0.05) is 55.7 Å². The summed E-state index contributed by atoms with van der Waals surface area (Å²) in [5.41, 5.74) is 0.540. The van der Waals surface area contributed by atoms with Crippen LogP contribution in [0.25, 0.3) is 10.6 Å². The van der Waals surface area contributed by atoms with Crippen molar-refractivity contribution >= 4 is 33.0 Å². The number of aromatic nitrogens is 2. The first-order valence-corrected chi connectivity index (χ1v) is 14.2. The van der Waals surface area contributed by atoms with Crippen molar-refractivity contribution in [2.45, 2.75) is 68.6 Å². The number of sulfonamides is 1. The summed E-state index contributed by atoms with van der Waals surface area (Å²) in [7, 11) is -0.273. The van der Waals surface area contributed by atoms with Gasteiger partial charge < -0.3 is 5.11 Å². The number of aliphatic hydroxyl groups excluding tert-OH is 1. The number of nitrogens with zero attached hydrogens (tertiary/aromatic N) is 5. The van der Waals surface area contributed by atoms with Gasteiger partial charge in [0.2, 0.25) is 14.8 Å². The first kappa shape index (κ1) is 26.3. The maximum Gasteiger partial charge on any atom is 0.243 e. The summed E-state index contributed by atoms with van der Waals surface area (Å²) in [6.45, 7) is 2.32. The van der Waals surface area contributed by atoms with Crippen LogP contribution in [0.2, 0.25) is 0 Å². The summed E-state index contributed by atoms with van der Waals surface area (Å²) in [5, 5.41) is 15.3. The number of aliphatic hydroxyl groups is 1. The molecule has 2 aromatic rings. The topological polar surface area (TPSA) is 91.0 Å². The standard InChI is InChI=1S/C22H34ClN5O3S2/c1-4-27(15-14-20(29)26(2)3)33(30,31)19-13-9-8-12-18(19)21-25-28(16-23)22(32-21)24-17-10-6-5-7-11-17/h8-9,12-13,17,20,29H,4-7,10-11,14-16H2,1-3H3. The highest BCUT2D eigenvalue weighted by Gasteiger charge is 2.28. The van der Waals surface area contributed by atoms with E-state index in [1.807, 2.05) is 6.07 Å². The predicted octanol–water partition coefficient (Wildman–Crippen LogP) is 3.32. The largest absolute Gasteiger partial charge is 0.378 e. The van der Waals surface area contributed by atoms with Crippen LogP contribution in [0.1, 0.15) is 45.4 Å². The van der Waals surface area contributed by atoms with Crippen LogP contribution in [0.4, 0.5) is 0 Å². The summed E-state index contributed by atoms with van der Waals surface area (Å²) in [4.78, 5) is 7.47. The first-order chi connectivity index (χ1) is 15.8. The van der Waals surface area contributed by atoms with E-state index in [1.54, 1.807) is 48.8 Å². The molecule has 1 aromatic heterocycles. The van der Waals surface area contributed by atoms with Gasteiger partial charge in [0.15, 0.2) is 0 Å². The summed E-state index contributed by atoms with van der Waals surface area (Å²) < 4.78 is 30.2. The van der Waals surface area contributed by atoms with Crippen molar-refractivity contribution in [1.29, 1.82) is 0 Å². The molecule has 184 valence electrons. The normalized spacial score (nSPS) is 17.2. The fraction of sp³-hybridized carbons (Fsp3) is 0.636. The van der Waals surface area contributed by atoms with E-state index < -0.39 is 16.3 Å². The minimum atomic E-state index is -3.79. The number of rotatable bonds is 10. The van der Waals surface area contributed by atoms with Crippen molar-refractivity contribution in [2.75, 3.05) is 27.2 Å². The molecule has 0 radical (unpaired) electrons. The maximum absolute atomic E-state index is 13.6. The Kier molecular flexibility index (Phi) is 9.49. The minimum absolute atomic E-state index is 0.153. The van der Waals surface area contributed by atoms with E-state index in [0.29, 0.717) is 23.5 Å². The third-order valence-corrected chi connectivity index (χ3v) is 9.17. The molecule has 1 heterocycles. The third-order valence-electron chi connectivity index (χ3n) is 5.92. The molecule has 33 heavy (non-hydrogen) atoms. The Morgan fingerprint density at radius 2 is 1.97 bits per heavy atom. The highest BCUT2D eigenvalue weighted by atomic mass is 35.5. The monoisotopic (exact) mass is 515 g/mol. The molecule has 0 saturated heterocycles. The van der Waals surface area contributed by atoms with Gasteiger partial charge in [0.05, 0.1) is 10.9 Å². The lowest BCUT2D eigenvalue weighted by Crippen LogP contribution is -2.37. The van der Waals surface area contributed by atoms with E-state index in [4.69, 9.17) is 16.6 Å². The molecule has 1 aliphatic carbocycles. The van der Waals surface area contributed by atoms with Gasteiger partial charge >= 0.3 is 0 Å². The van der Waals surface area contributed by atoms with E-state index in [0.717, 1.165) is 17.6 Å². The lowest BCUT2D eigenvalue weighted by Gasteiger charge is -2.25. The molecule has 8 nitrogen and oxygen atoms in total. The molecular weight excluding hydrogens is 482 g/mol. The molecule has 1 aromatic carbocycles. The molecule has 1 N–H and O–H groups in total. The van der Waals surface area contributed by atoms with Crippen LogP contribution in [0.3, 0.4) is 0 Å². The fourth-order valence-electron chi connectivity index (χ4n) is 3.93. The number of halogens is 1. The van der Waals surface area contributed by atoms with Crippen molar-refractivity contribution in [3.63, 3.8) is 0 Å². The molecule has 0 aliphatic heterocycles. The number of benzene rings is 1. The second-order valence-corrected chi connectivity index (χ2v) is 11.6. The Morgan fingerprint density at radius 3 is 2.61 bits per heavy atom. The van der Waals surface area contributed by atoms with Crippen LogP contribution in [0, 0.1) is 0 Å². The molecule has 0 amide bonds. The van der Waals surface area contributed by atoms with E-state index in [-0.39, 0.29) is 23.5 Å². The number of hydrogen-bond donors (Lipinski definition) is 1. The highest BCUT2D eigenvalue weighted by molar-refractivity contribution is 7.89. The molecule has 0 spiro atoms. The maximum atomic E-state index is 13.6. The Hall–Kier alpha value is -1.30. The van der Waals surface area contributed by atoms with Gasteiger partial charge in [-0.15, -0.1) is 11.6 Å². The van der Waals surface area contributed by atoms with Crippen molar-refractivity contribution in [2.24, 2.45) is 4.99 Å². The molecule has 11 heteroatoms. The third kappa shape index (κ3) is 6.43. The van der Waals surface area contributed by atoms with Crippen LogP contribution >= 0.6 is 22.9 Å². The van der Waals surface area contributed by atoms with E-state index in [9.17, 15) is 13.5 Å². The summed E-state index contributed by atoms with van der Waals surface area (Å²) in [6.07, 6.45) is 5.33.